The summed E-state index contributed by atoms with van der Waals surface area (Å²) in [6.45, 7) is 6.00. The van der Waals surface area contributed by atoms with E-state index in [1.165, 1.54) is 6.07 Å². The largest absolute Gasteiger partial charge is 0.379 e. The van der Waals surface area contributed by atoms with E-state index < -0.39 is 0 Å². The van der Waals surface area contributed by atoms with Crippen molar-refractivity contribution in [2.45, 2.75) is 19.9 Å². The molecular formula is C11H15FN2. The highest BCUT2D eigenvalue weighted by atomic mass is 19.1. The van der Waals surface area contributed by atoms with Gasteiger partial charge in [0.05, 0.1) is 11.4 Å². The maximum Gasteiger partial charge on any atom is 0.148 e. The summed E-state index contributed by atoms with van der Waals surface area (Å²) in [5.41, 5.74) is 1.62. The Morgan fingerprint density at radius 1 is 1.43 bits per heavy atom. The van der Waals surface area contributed by atoms with Crippen LogP contribution >= 0.6 is 0 Å². The van der Waals surface area contributed by atoms with Crippen LogP contribution in [0.15, 0.2) is 18.2 Å². The van der Waals surface area contributed by atoms with Crippen LogP contribution in [0.3, 0.4) is 0 Å². The van der Waals surface area contributed by atoms with Crippen LogP contribution in [-0.2, 0) is 0 Å². The number of hydrogen-bond donors (Lipinski definition) is 1. The minimum atomic E-state index is -0.159. The first-order valence-electron chi connectivity index (χ1n) is 4.99. The molecule has 0 unspecified atom stereocenters. The van der Waals surface area contributed by atoms with Gasteiger partial charge in [0.25, 0.3) is 0 Å². The maximum atomic E-state index is 13.4. The zero-order chi connectivity index (χ0) is 10.1. The Morgan fingerprint density at radius 3 is 2.93 bits per heavy atom. The van der Waals surface area contributed by atoms with Crippen molar-refractivity contribution in [3.8, 4) is 0 Å². The van der Waals surface area contributed by atoms with Crippen LogP contribution < -0.4 is 10.2 Å². The molecule has 0 saturated heterocycles. The monoisotopic (exact) mass is 194 g/mol. The Morgan fingerprint density at radius 2 is 2.21 bits per heavy atom. The number of fused-ring (bicyclic) bond motifs is 1. The zero-order valence-electron chi connectivity index (χ0n) is 8.55. The van der Waals surface area contributed by atoms with E-state index >= 15 is 0 Å². The molecule has 14 heavy (non-hydrogen) atoms. The van der Waals surface area contributed by atoms with E-state index in [1.54, 1.807) is 6.07 Å². The van der Waals surface area contributed by atoms with Crippen LogP contribution in [0.25, 0.3) is 0 Å². The van der Waals surface area contributed by atoms with Crippen molar-refractivity contribution in [3.63, 3.8) is 0 Å². The summed E-state index contributed by atoms with van der Waals surface area (Å²) < 4.78 is 13.4. The van der Waals surface area contributed by atoms with E-state index in [-0.39, 0.29) is 5.82 Å². The highest BCUT2D eigenvalue weighted by molar-refractivity contribution is 5.72. The first kappa shape index (κ1) is 9.31. The number of nitrogens with zero attached hydrogens (tertiary/aromatic N) is 1. The lowest BCUT2D eigenvalue weighted by Crippen LogP contribution is -2.39. The smallest absolute Gasteiger partial charge is 0.148 e. The summed E-state index contributed by atoms with van der Waals surface area (Å²) in [7, 11) is 0. The van der Waals surface area contributed by atoms with Crippen molar-refractivity contribution in [2.24, 2.45) is 0 Å². The SMILES string of the molecule is CC(C)N1CCNc2c(F)cccc21. The molecule has 1 aliphatic rings. The van der Waals surface area contributed by atoms with Crippen LogP contribution in [0.5, 0.6) is 0 Å². The molecule has 0 radical (unpaired) electrons. The van der Waals surface area contributed by atoms with Crippen molar-refractivity contribution in [1.82, 2.24) is 0 Å². The second-order valence-corrected chi connectivity index (χ2v) is 3.85. The lowest BCUT2D eigenvalue weighted by atomic mass is 10.1. The first-order valence-corrected chi connectivity index (χ1v) is 4.99. The zero-order valence-corrected chi connectivity index (χ0v) is 8.55. The minimum Gasteiger partial charge on any atom is -0.379 e. The molecule has 0 amide bonds. The first-order chi connectivity index (χ1) is 6.70. The number of rotatable bonds is 1. The Bertz CT molecular complexity index is 336. The van der Waals surface area contributed by atoms with Gasteiger partial charge >= 0.3 is 0 Å². The van der Waals surface area contributed by atoms with E-state index in [0.717, 1.165) is 18.8 Å². The van der Waals surface area contributed by atoms with E-state index in [0.29, 0.717) is 11.7 Å². The predicted molar refractivity (Wildman–Crippen MR) is 57.4 cm³/mol. The third-order valence-electron chi connectivity index (χ3n) is 2.58. The van der Waals surface area contributed by atoms with Crippen LogP contribution in [0.1, 0.15) is 13.8 Å². The van der Waals surface area contributed by atoms with Gasteiger partial charge in [-0.25, -0.2) is 4.39 Å². The summed E-state index contributed by atoms with van der Waals surface area (Å²) in [6, 6.07) is 5.63. The molecule has 2 nitrogen and oxygen atoms in total. The molecule has 0 aliphatic carbocycles. The van der Waals surface area contributed by atoms with Gasteiger partial charge < -0.3 is 10.2 Å². The normalized spacial score (nSPS) is 15.3. The van der Waals surface area contributed by atoms with E-state index in [2.05, 4.69) is 24.1 Å². The van der Waals surface area contributed by atoms with Crippen LogP contribution in [0.2, 0.25) is 0 Å². The van der Waals surface area contributed by atoms with Gasteiger partial charge in [0, 0.05) is 19.1 Å². The van der Waals surface area contributed by atoms with Gasteiger partial charge in [-0.3, -0.25) is 0 Å². The number of benzene rings is 1. The third-order valence-corrected chi connectivity index (χ3v) is 2.58. The summed E-state index contributed by atoms with van der Waals surface area (Å²) >= 11 is 0. The molecule has 1 N–H and O–H groups in total. The highest BCUT2D eigenvalue weighted by Gasteiger charge is 2.20. The van der Waals surface area contributed by atoms with E-state index in [4.69, 9.17) is 0 Å². The standard InChI is InChI=1S/C11H15FN2/c1-8(2)14-7-6-13-11-9(12)4-3-5-10(11)14/h3-5,8,13H,6-7H2,1-2H3. The minimum absolute atomic E-state index is 0.159. The Hall–Kier alpha value is -1.25. The van der Waals surface area contributed by atoms with Crippen molar-refractivity contribution in [1.29, 1.82) is 0 Å². The number of nitrogens with one attached hydrogen (secondary N) is 1. The second-order valence-electron chi connectivity index (χ2n) is 3.85. The lowest BCUT2D eigenvalue weighted by Gasteiger charge is -2.35. The fourth-order valence-corrected chi connectivity index (χ4v) is 1.89. The molecule has 1 aliphatic heterocycles. The molecule has 1 aromatic carbocycles. The summed E-state index contributed by atoms with van der Waals surface area (Å²) in [5.74, 6) is -0.159. The quantitative estimate of drug-likeness (QED) is 0.738. The van der Waals surface area contributed by atoms with Crippen LogP contribution in [0, 0.1) is 5.82 Å². The molecule has 0 spiro atoms. The molecular weight excluding hydrogens is 179 g/mol. The average Bonchev–Trinajstić information content (AvgIpc) is 2.17. The van der Waals surface area contributed by atoms with E-state index in [9.17, 15) is 4.39 Å². The maximum absolute atomic E-state index is 13.4. The highest BCUT2D eigenvalue weighted by Crippen LogP contribution is 2.32. The van der Waals surface area contributed by atoms with E-state index in [1.807, 2.05) is 6.07 Å². The number of para-hydroxylation sites is 1. The Kier molecular flexibility index (Phi) is 2.32. The van der Waals surface area contributed by atoms with Gasteiger partial charge in [-0.1, -0.05) is 6.07 Å². The number of halogens is 1. The molecule has 76 valence electrons. The summed E-state index contributed by atoms with van der Waals surface area (Å²) in [5, 5.41) is 3.10. The molecule has 0 fully saturated rings. The number of anilines is 2. The van der Waals surface area contributed by atoms with Crippen LogP contribution in [-0.4, -0.2) is 19.1 Å². The van der Waals surface area contributed by atoms with Gasteiger partial charge in [-0.05, 0) is 26.0 Å². The fourth-order valence-electron chi connectivity index (χ4n) is 1.89. The fraction of sp³-hybridized carbons (Fsp3) is 0.455. The lowest BCUT2D eigenvalue weighted by molar-refractivity contribution is 0.618. The molecule has 0 aromatic heterocycles. The van der Waals surface area contributed by atoms with Gasteiger partial charge in [0.1, 0.15) is 5.82 Å². The molecule has 0 atom stereocenters. The van der Waals surface area contributed by atoms with Crippen molar-refractivity contribution in [2.75, 3.05) is 23.3 Å². The summed E-state index contributed by atoms with van der Waals surface area (Å²) in [6.07, 6.45) is 0. The Labute approximate surface area is 83.7 Å². The average molecular weight is 194 g/mol. The van der Waals surface area contributed by atoms with Crippen molar-refractivity contribution < 1.29 is 4.39 Å². The second kappa shape index (κ2) is 3.48. The molecule has 2 rings (SSSR count). The summed E-state index contributed by atoms with van der Waals surface area (Å²) in [4.78, 5) is 2.22. The van der Waals surface area contributed by atoms with Gasteiger partial charge in [-0.2, -0.15) is 0 Å². The predicted octanol–water partition coefficient (Wildman–Crippen LogP) is 2.47. The van der Waals surface area contributed by atoms with Crippen LogP contribution in [0.4, 0.5) is 15.8 Å². The van der Waals surface area contributed by atoms with Crippen molar-refractivity contribution in [3.05, 3.63) is 24.0 Å². The molecule has 1 aromatic rings. The van der Waals surface area contributed by atoms with Gasteiger partial charge in [-0.15, -0.1) is 0 Å². The molecule has 0 bridgehead atoms. The molecule has 3 heteroatoms. The molecule has 1 heterocycles. The van der Waals surface area contributed by atoms with Gasteiger partial charge in [0.2, 0.25) is 0 Å². The Balaban J connectivity index is 2.44. The third kappa shape index (κ3) is 1.43. The number of hydrogen-bond acceptors (Lipinski definition) is 2. The molecule has 0 saturated carbocycles. The topological polar surface area (TPSA) is 15.3 Å². The van der Waals surface area contributed by atoms with Gasteiger partial charge in [0.15, 0.2) is 0 Å². The van der Waals surface area contributed by atoms with Crippen molar-refractivity contribution >= 4 is 11.4 Å².